The molecule has 0 unspecified atom stereocenters. The molecule has 148 valence electrons. The Morgan fingerprint density at radius 1 is 1.10 bits per heavy atom. The molecule has 2 aromatic carbocycles. The number of hydrogen-bond donors (Lipinski definition) is 1. The number of aromatic nitrogens is 2. The number of aryl methyl sites for hydroxylation is 1. The van der Waals surface area contributed by atoms with Crippen LogP contribution in [0, 0.1) is 6.92 Å². The molecular weight excluding hydrogens is 370 g/mol. The number of carbonyl (C=O) groups is 1. The van der Waals surface area contributed by atoms with Crippen LogP contribution in [-0.2, 0) is 4.79 Å². The van der Waals surface area contributed by atoms with Gasteiger partial charge in [-0.3, -0.25) is 9.59 Å². The van der Waals surface area contributed by atoms with Crippen LogP contribution in [0.1, 0.15) is 24.9 Å². The summed E-state index contributed by atoms with van der Waals surface area (Å²) >= 11 is 0. The lowest BCUT2D eigenvalue weighted by molar-refractivity contribution is -0.119. The second-order valence-electron chi connectivity index (χ2n) is 6.85. The van der Waals surface area contributed by atoms with E-state index in [1.54, 1.807) is 24.3 Å². The molecule has 7 heteroatoms. The Morgan fingerprint density at radius 2 is 1.86 bits per heavy atom. The quantitative estimate of drug-likeness (QED) is 0.719. The summed E-state index contributed by atoms with van der Waals surface area (Å²) in [6.07, 6.45) is 0.417. The molecule has 4 rings (SSSR count). The summed E-state index contributed by atoms with van der Waals surface area (Å²) in [4.78, 5) is 25.4. The fourth-order valence-corrected chi connectivity index (χ4v) is 3.20. The third-order valence-corrected chi connectivity index (χ3v) is 4.80. The van der Waals surface area contributed by atoms with Gasteiger partial charge in [-0.2, -0.15) is 5.10 Å². The Labute approximate surface area is 167 Å². The lowest BCUT2D eigenvalue weighted by Crippen LogP contribution is -2.34. The van der Waals surface area contributed by atoms with Crippen molar-refractivity contribution in [3.8, 4) is 22.8 Å². The van der Waals surface area contributed by atoms with Gasteiger partial charge in [-0.25, -0.2) is 4.68 Å². The Balaban J connectivity index is 1.61. The van der Waals surface area contributed by atoms with Crippen LogP contribution in [0.5, 0.6) is 11.5 Å². The molecule has 1 aliphatic rings. The monoisotopic (exact) mass is 391 g/mol. The molecule has 1 aliphatic heterocycles. The van der Waals surface area contributed by atoms with E-state index in [0.717, 1.165) is 11.1 Å². The number of anilines is 1. The van der Waals surface area contributed by atoms with Crippen molar-refractivity contribution in [3.63, 3.8) is 0 Å². The molecule has 2 heterocycles. The number of ether oxygens (including phenoxy) is 2. The van der Waals surface area contributed by atoms with E-state index in [9.17, 15) is 9.59 Å². The van der Waals surface area contributed by atoms with Gasteiger partial charge >= 0.3 is 0 Å². The van der Waals surface area contributed by atoms with Gasteiger partial charge in [0, 0.05) is 23.4 Å². The van der Waals surface area contributed by atoms with Crippen LogP contribution >= 0.6 is 0 Å². The highest BCUT2D eigenvalue weighted by atomic mass is 16.7. The van der Waals surface area contributed by atoms with Gasteiger partial charge in [0.15, 0.2) is 11.5 Å². The number of amides is 1. The number of fused-ring (bicyclic) bond motifs is 1. The van der Waals surface area contributed by atoms with Crippen LogP contribution in [0.4, 0.5) is 5.69 Å². The van der Waals surface area contributed by atoms with Crippen molar-refractivity contribution in [2.75, 3.05) is 12.1 Å². The van der Waals surface area contributed by atoms with Crippen LogP contribution in [0.2, 0.25) is 0 Å². The van der Waals surface area contributed by atoms with Gasteiger partial charge in [-0.1, -0.05) is 36.8 Å². The third kappa shape index (κ3) is 3.85. The molecule has 29 heavy (non-hydrogen) atoms. The molecule has 1 amide bonds. The summed E-state index contributed by atoms with van der Waals surface area (Å²) in [5.74, 6) is 0.897. The molecule has 0 saturated carbocycles. The van der Waals surface area contributed by atoms with Crippen molar-refractivity contribution in [2.24, 2.45) is 0 Å². The largest absolute Gasteiger partial charge is 0.454 e. The van der Waals surface area contributed by atoms with E-state index < -0.39 is 6.04 Å². The zero-order valence-corrected chi connectivity index (χ0v) is 16.2. The lowest BCUT2D eigenvalue weighted by atomic mass is 10.1. The number of benzene rings is 2. The van der Waals surface area contributed by atoms with Crippen molar-refractivity contribution < 1.29 is 14.3 Å². The minimum Gasteiger partial charge on any atom is -0.454 e. The first-order valence-electron chi connectivity index (χ1n) is 9.42. The summed E-state index contributed by atoms with van der Waals surface area (Å²) in [6, 6.07) is 15.4. The van der Waals surface area contributed by atoms with E-state index in [0.29, 0.717) is 29.3 Å². The highest BCUT2D eigenvalue weighted by Gasteiger charge is 2.22. The predicted molar refractivity (Wildman–Crippen MR) is 109 cm³/mol. The van der Waals surface area contributed by atoms with Crippen LogP contribution < -0.4 is 20.3 Å². The molecule has 0 saturated heterocycles. The van der Waals surface area contributed by atoms with E-state index in [-0.39, 0.29) is 18.3 Å². The second kappa shape index (κ2) is 7.79. The first-order valence-corrected chi connectivity index (χ1v) is 9.42. The molecule has 0 fully saturated rings. The average Bonchev–Trinajstić information content (AvgIpc) is 3.18. The average molecular weight is 391 g/mol. The van der Waals surface area contributed by atoms with Crippen molar-refractivity contribution in [1.29, 1.82) is 0 Å². The highest BCUT2D eigenvalue weighted by molar-refractivity contribution is 5.94. The SMILES string of the molecule is CC[C@@H](C(=O)Nc1ccc2c(c1)OCO2)n1nc(-c2ccc(C)cc2)ccc1=O. The summed E-state index contributed by atoms with van der Waals surface area (Å²) < 4.78 is 11.9. The molecule has 1 aromatic heterocycles. The summed E-state index contributed by atoms with van der Waals surface area (Å²) in [5, 5.41) is 7.30. The maximum atomic E-state index is 12.9. The number of carbonyl (C=O) groups excluding carboxylic acids is 1. The van der Waals surface area contributed by atoms with Gasteiger partial charge in [0.2, 0.25) is 12.7 Å². The first kappa shape index (κ1) is 18.7. The Bertz CT molecular complexity index is 1110. The zero-order valence-electron chi connectivity index (χ0n) is 16.2. The van der Waals surface area contributed by atoms with Crippen molar-refractivity contribution >= 4 is 11.6 Å². The maximum Gasteiger partial charge on any atom is 0.267 e. The topological polar surface area (TPSA) is 82.4 Å². The van der Waals surface area contributed by atoms with E-state index in [1.807, 2.05) is 38.1 Å². The molecule has 0 radical (unpaired) electrons. The summed E-state index contributed by atoms with van der Waals surface area (Å²) in [7, 11) is 0. The van der Waals surface area contributed by atoms with E-state index in [2.05, 4.69) is 10.4 Å². The van der Waals surface area contributed by atoms with Crippen LogP contribution in [0.3, 0.4) is 0 Å². The van der Waals surface area contributed by atoms with Crippen molar-refractivity contribution in [2.45, 2.75) is 26.3 Å². The standard InChI is InChI=1S/C22H21N3O4/c1-3-18(22(27)23-16-8-10-19-20(12-16)29-13-28-19)25-21(26)11-9-17(24-25)15-6-4-14(2)5-7-15/h4-12,18H,3,13H2,1-2H3,(H,23,27)/t18-/m0/s1. The van der Waals surface area contributed by atoms with Crippen LogP contribution in [0.25, 0.3) is 11.3 Å². The molecule has 0 bridgehead atoms. The third-order valence-electron chi connectivity index (χ3n) is 4.80. The fourth-order valence-electron chi connectivity index (χ4n) is 3.20. The summed E-state index contributed by atoms with van der Waals surface area (Å²) in [5.41, 5.74) is 2.90. The van der Waals surface area contributed by atoms with E-state index >= 15 is 0 Å². The molecule has 7 nitrogen and oxygen atoms in total. The first-order chi connectivity index (χ1) is 14.0. The van der Waals surface area contributed by atoms with Gasteiger partial charge < -0.3 is 14.8 Å². The molecule has 0 spiro atoms. The number of nitrogens with one attached hydrogen (secondary N) is 1. The minimum atomic E-state index is -0.738. The number of rotatable bonds is 5. The smallest absolute Gasteiger partial charge is 0.267 e. The number of hydrogen-bond acceptors (Lipinski definition) is 5. The zero-order chi connectivity index (χ0) is 20.4. The summed E-state index contributed by atoms with van der Waals surface area (Å²) in [6.45, 7) is 4.01. The molecule has 3 aromatic rings. The van der Waals surface area contributed by atoms with Crippen molar-refractivity contribution in [1.82, 2.24) is 9.78 Å². The Hall–Kier alpha value is -3.61. The van der Waals surface area contributed by atoms with Gasteiger partial charge in [-0.15, -0.1) is 0 Å². The molecular formula is C22H21N3O4. The Morgan fingerprint density at radius 3 is 2.62 bits per heavy atom. The molecule has 0 aliphatic carbocycles. The van der Waals surface area contributed by atoms with Crippen LogP contribution in [0.15, 0.2) is 59.4 Å². The highest BCUT2D eigenvalue weighted by Crippen LogP contribution is 2.34. The predicted octanol–water partition coefficient (Wildman–Crippen LogP) is 3.54. The van der Waals surface area contributed by atoms with Gasteiger partial charge in [0.05, 0.1) is 5.69 Å². The Kier molecular flexibility index (Phi) is 5.03. The molecule has 1 atom stereocenters. The van der Waals surface area contributed by atoms with Crippen LogP contribution in [-0.4, -0.2) is 22.5 Å². The van der Waals surface area contributed by atoms with E-state index in [1.165, 1.54) is 10.7 Å². The number of nitrogens with zero attached hydrogens (tertiary/aromatic N) is 2. The molecule has 1 N–H and O–H groups in total. The van der Waals surface area contributed by atoms with Crippen molar-refractivity contribution in [3.05, 3.63) is 70.5 Å². The minimum absolute atomic E-state index is 0.162. The van der Waals surface area contributed by atoms with Gasteiger partial charge in [0.25, 0.3) is 5.56 Å². The lowest BCUT2D eigenvalue weighted by Gasteiger charge is -2.17. The van der Waals surface area contributed by atoms with E-state index in [4.69, 9.17) is 9.47 Å². The van der Waals surface area contributed by atoms with Gasteiger partial charge in [-0.05, 0) is 31.5 Å². The fraction of sp³-hybridized carbons (Fsp3) is 0.227. The normalized spacial score (nSPS) is 13.2. The maximum absolute atomic E-state index is 12.9. The second-order valence-corrected chi connectivity index (χ2v) is 6.85. The van der Waals surface area contributed by atoms with Gasteiger partial charge in [0.1, 0.15) is 6.04 Å².